The summed E-state index contributed by atoms with van der Waals surface area (Å²) in [5, 5.41) is 20.8. The molecule has 6 N–H and O–H groups in total. The average molecular weight is 524 g/mol. The third-order valence-electron chi connectivity index (χ3n) is 6.76. The van der Waals surface area contributed by atoms with E-state index in [0.29, 0.717) is 56.0 Å². The highest BCUT2D eigenvalue weighted by Crippen LogP contribution is 2.33. The van der Waals surface area contributed by atoms with E-state index in [2.05, 4.69) is 10.6 Å². The first-order valence-corrected chi connectivity index (χ1v) is 12.2. The molecule has 38 heavy (non-hydrogen) atoms. The number of ether oxygens (including phenoxy) is 1. The van der Waals surface area contributed by atoms with Crippen LogP contribution in [0.4, 0.5) is 14.5 Å². The van der Waals surface area contributed by atoms with Gasteiger partial charge in [-0.2, -0.15) is 0 Å². The summed E-state index contributed by atoms with van der Waals surface area (Å²) in [6.07, 6.45) is 4.86. The lowest BCUT2D eigenvalue weighted by molar-refractivity contribution is 0.102. The number of carbonyl (C=O) groups excluding carboxylic acids is 1. The van der Waals surface area contributed by atoms with Crippen molar-refractivity contribution in [3.8, 4) is 5.75 Å². The molecule has 0 radical (unpaired) electrons. The lowest BCUT2D eigenvalue weighted by Gasteiger charge is -2.28. The average Bonchev–Trinajstić information content (AvgIpc) is 2.93. The first-order chi connectivity index (χ1) is 18.2. The molecular formula is C27H31F2N7O2. The minimum atomic E-state index is -0.823. The van der Waals surface area contributed by atoms with Crippen LogP contribution in [-0.2, 0) is 0 Å². The normalized spacial score (nSPS) is 15.4. The maximum atomic E-state index is 15.0. The van der Waals surface area contributed by atoms with Gasteiger partial charge in [0.05, 0.1) is 12.7 Å². The maximum Gasteiger partial charge on any atom is 0.258 e. The zero-order valence-corrected chi connectivity index (χ0v) is 21.3. The van der Waals surface area contributed by atoms with Crippen molar-refractivity contribution in [1.29, 1.82) is 10.8 Å². The monoisotopic (exact) mass is 523 g/mol. The predicted molar refractivity (Wildman–Crippen MR) is 144 cm³/mol. The topological polar surface area (TPSA) is 131 Å². The summed E-state index contributed by atoms with van der Waals surface area (Å²) >= 11 is 0. The van der Waals surface area contributed by atoms with E-state index in [4.69, 9.17) is 21.3 Å². The van der Waals surface area contributed by atoms with Gasteiger partial charge < -0.3 is 30.9 Å². The van der Waals surface area contributed by atoms with Crippen LogP contribution in [-0.4, -0.2) is 68.0 Å². The van der Waals surface area contributed by atoms with E-state index in [0.717, 1.165) is 23.3 Å². The van der Waals surface area contributed by atoms with Gasteiger partial charge in [-0.05, 0) is 48.3 Å². The van der Waals surface area contributed by atoms with Gasteiger partial charge in [0.1, 0.15) is 17.4 Å². The second-order valence-electron chi connectivity index (χ2n) is 9.02. The van der Waals surface area contributed by atoms with Gasteiger partial charge in [0.25, 0.3) is 5.91 Å². The van der Waals surface area contributed by atoms with Crippen molar-refractivity contribution < 1.29 is 18.3 Å². The highest BCUT2D eigenvalue weighted by Gasteiger charge is 2.22. The summed E-state index contributed by atoms with van der Waals surface area (Å²) in [6, 6.07) is 7.09. The van der Waals surface area contributed by atoms with Gasteiger partial charge in [0, 0.05) is 56.1 Å². The molecule has 0 atom stereocenters. The van der Waals surface area contributed by atoms with E-state index >= 15 is 0 Å². The number of halogens is 2. The molecule has 200 valence electrons. The number of carbonyl (C=O) groups is 1. The van der Waals surface area contributed by atoms with Gasteiger partial charge in [-0.15, -0.1) is 0 Å². The predicted octanol–water partition coefficient (Wildman–Crippen LogP) is 3.45. The number of nitrogens with zero attached hydrogens (tertiary/aromatic N) is 2. The first-order valence-electron chi connectivity index (χ1n) is 12.2. The molecule has 2 aliphatic rings. The van der Waals surface area contributed by atoms with E-state index < -0.39 is 23.1 Å². The van der Waals surface area contributed by atoms with E-state index in [1.54, 1.807) is 41.1 Å². The molecule has 2 aromatic rings. The molecule has 2 aliphatic heterocycles. The number of hydrogen-bond donors (Lipinski definition) is 5. The molecular weight excluding hydrogens is 492 g/mol. The smallest absolute Gasteiger partial charge is 0.258 e. The molecule has 0 unspecified atom stereocenters. The number of methoxy groups -OCH3 is 1. The fourth-order valence-electron chi connectivity index (χ4n) is 4.61. The zero-order chi connectivity index (χ0) is 27.4. The van der Waals surface area contributed by atoms with Crippen LogP contribution in [0.3, 0.4) is 0 Å². The summed E-state index contributed by atoms with van der Waals surface area (Å²) in [7, 11) is 3.17. The minimum absolute atomic E-state index is 0.0232. The van der Waals surface area contributed by atoms with Crippen molar-refractivity contribution in [1.82, 2.24) is 15.1 Å². The van der Waals surface area contributed by atoms with E-state index in [1.165, 1.54) is 7.11 Å². The third kappa shape index (κ3) is 5.61. The molecule has 0 saturated carbocycles. The SMILES string of the molecule is CNC(=N)N1CC=C(c2cc(F)c(C(=O)Nc3ccc(C4=CCN(C(=N)N)CC4)c(OC)c3)cc2F)CC1. The molecule has 9 nitrogen and oxygen atoms in total. The molecule has 0 saturated heterocycles. The Morgan fingerprint density at radius 2 is 1.63 bits per heavy atom. The first kappa shape index (κ1) is 26.6. The highest BCUT2D eigenvalue weighted by atomic mass is 19.1. The summed E-state index contributed by atoms with van der Waals surface area (Å²) in [5.41, 5.74) is 8.17. The lowest BCUT2D eigenvalue weighted by atomic mass is 9.97. The largest absolute Gasteiger partial charge is 0.496 e. The standard InChI is InChI=1S/C27H31F2N7O2/c1-33-27(32)36-11-7-17(8-12-36)20-14-23(29)21(15-22(20)28)25(37)34-18-3-4-19(24(13-18)38-2)16-5-9-35(10-6-16)26(30)31/h3-5,7,13-15H,6,8-12H2,1-2H3,(H3,30,31)(H2,32,33)(H,34,37). The van der Waals surface area contributed by atoms with Gasteiger partial charge in [0.15, 0.2) is 11.9 Å². The van der Waals surface area contributed by atoms with Crippen LogP contribution in [0.5, 0.6) is 5.75 Å². The highest BCUT2D eigenvalue weighted by molar-refractivity contribution is 6.05. The van der Waals surface area contributed by atoms with Crippen LogP contribution in [0.15, 0.2) is 42.5 Å². The van der Waals surface area contributed by atoms with E-state index in [9.17, 15) is 13.6 Å². The molecule has 0 spiro atoms. The van der Waals surface area contributed by atoms with Gasteiger partial charge in [-0.1, -0.05) is 12.2 Å². The van der Waals surface area contributed by atoms with Crippen molar-refractivity contribution in [3.63, 3.8) is 0 Å². The van der Waals surface area contributed by atoms with Crippen LogP contribution in [0, 0.1) is 22.5 Å². The van der Waals surface area contributed by atoms with E-state index in [1.807, 2.05) is 6.08 Å². The Bertz CT molecular complexity index is 1340. The number of hydrogen-bond acceptors (Lipinski definition) is 4. The molecule has 1 amide bonds. The van der Waals surface area contributed by atoms with Gasteiger partial charge in [0.2, 0.25) is 0 Å². The Morgan fingerprint density at radius 3 is 2.21 bits per heavy atom. The van der Waals surface area contributed by atoms with Crippen molar-refractivity contribution in [2.75, 3.05) is 45.7 Å². The van der Waals surface area contributed by atoms with Crippen LogP contribution in [0.25, 0.3) is 11.1 Å². The van der Waals surface area contributed by atoms with E-state index in [-0.39, 0.29) is 17.5 Å². The Kier molecular flexibility index (Phi) is 7.94. The van der Waals surface area contributed by atoms with Crippen molar-refractivity contribution in [2.24, 2.45) is 5.73 Å². The molecule has 2 aromatic carbocycles. The number of rotatable bonds is 5. The van der Waals surface area contributed by atoms with Gasteiger partial charge in [-0.25, -0.2) is 8.78 Å². The van der Waals surface area contributed by atoms with Crippen LogP contribution in [0.2, 0.25) is 0 Å². The summed E-state index contributed by atoms with van der Waals surface area (Å²) in [4.78, 5) is 16.4. The van der Waals surface area contributed by atoms with Crippen molar-refractivity contribution >= 4 is 34.7 Å². The number of benzene rings is 2. The second-order valence-corrected chi connectivity index (χ2v) is 9.02. The third-order valence-corrected chi connectivity index (χ3v) is 6.76. The molecule has 0 bridgehead atoms. The zero-order valence-electron chi connectivity index (χ0n) is 21.3. The second kappa shape index (κ2) is 11.3. The number of anilines is 1. The molecule has 4 rings (SSSR count). The molecule has 0 fully saturated rings. The fourth-order valence-corrected chi connectivity index (χ4v) is 4.61. The van der Waals surface area contributed by atoms with Crippen molar-refractivity contribution in [3.05, 3.63) is 70.8 Å². The molecule has 2 heterocycles. The molecule has 11 heteroatoms. The minimum Gasteiger partial charge on any atom is -0.496 e. The van der Waals surface area contributed by atoms with Crippen LogP contribution >= 0.6 is 0 Å². The van der Waals surface area contributed by atoms with Gasteiger partial charge in [-0.3, -0.25) is 15.6 Å². The number of guanidine groups is 2. The quantitative estimate of drug-likeness (QED) is 0.302. The Labute approximate surface area is 220 Å². The molecule has 0 aliphatic carbocycles. The number of amides is 1. The number of nitrogens with one attached hydrogen (secondary N) is 4. The van der Waals surface area contributed by atoms with Crippen LogP contribution in [0.1, 0.15) is 34.3 Å². The Morgan fingerprint density at radius 1 is 0.974 bits per heavy atom. The summed E-state index contributed by atoms with van der Waals surface area (Å²) in [5.74, 6) is -1.47. The fraction of sp³-hybridized carbons (Fsp3) is 0.296. The Balaban J connectivity index is 1.49. The van der Waals surface area contributed by atoms with Crippen molar-refractivity contribution in [2.45, 2.75) is 12.8 Å². The van der Waals surface area contributed by atoms with Crippen LogP contribution < -0.4 is 21.1 Å². The maximum absolute atomic E-state index is 15.0. The number of nitrogens with two attached hydrogens (primary N) is 1. The summed E-state index contributed by atoms with van der Waals surface area (Å²) in [6.45, 7) is 2.03. The summed E-state index contributed by atoms with van der Waals surface area (Å²) < 4.78 is 35.5. The van der Waals surface area contributed by atoms with Gasteiger partial charge >= 0.3 is 0 Å². The molecule has 0 aromatic heterocycles. The Hall–Kier alpha value is -4.41. The lowest BCUT2D eigenvalue weighted by Crippen LogP contribution is -2.41.